The van der Waals surface area contributed by atoms with Gasteiger partial charge in [0.15, 0.2) is 0 Å². The van der Waals surface area contributed by atoms with Crippen LogP contribution in [0.1, 0.15) is 37.6 Å². The molecule has 30 heavy (non-hydrogen) atoms. The lowest BCUT2D eigenvalue weighted by atomic mass is 10.1. The average molecular weight is 434 g/mol. The second-order valence-corrected chi connectivity index (χ2v) is 9.35. The summed E-state index contributed by atoms with van der Waals surface area (Å²) in [7, 11) is -2.12. The van der Waals surface area contributed by atoms with E-state index in [1.165, 1.54) is 31.4 Å². The van der Waals surface area contributed by atoms with Gasteiger partial charge in [-0.3, -0.25) is 9.59 Å². The largest absolute Gasteiger partial charge is 0.497 e. The zero-order chi connectivity index (χ0) is 22.4. The molecule has 8 nitrogen and oxygen atoms in total. The molecular formula is C21H27N3O5S. The highest BCUT2D eigenvalue weighted by atomic mass is 32.2. The predicted molar refractivity (Wildman–Crippen MR) is 115 cm³/mol. The van der Waals surface area contributed by atoms with Gasteiger partial charge in [-0.25, -0.2) is 13.1 Å². The lowest BCUT2D eigenvalue weighted by molar-refractivity contribution is -0.116. The number of anilines is 1. The Morgan fingerprint density at radius 3 is 2.30 bits per heavy atom. The van der Waals surface area contributed by atoms with Crippen molar-refractivity contribution in [2.24, 2.45) is 0 Å². The summed E-state index contributed by atoms with van der Waals surface area (Å²) < 4.78 is 32.2. The zero-order valence-electron chi connectivity index (χ0n) is 17.5. The van der Waals surface area contributed by atoms with Crippen molar-refractivity contribution in [3.05, 3.63) is 54.1 Å². The number of hydrogen-bond donors (Lipinski definition) is 3. The van der Waals surface area contributed by atoms with Gasteiger partial charge in [0.1, 0.15) is 5.75 Å². The summed E-state index contributed by atoms with van der Waals surface area (Å²) in [5.41, 5.74) is 0.311. The lowest BCUT2D eigenvalue weighted by Gasteiger charge is -2.20. The zero-order valence-corrected chi connectivity index (χ0v) is 18.3. The monoisotopic (exact) mass is 433 g/mol. The standard InChI is InChI=1S/C21H27N3O5S/c1-21(2,3)24-30(27,28)18-10-8-16(9-11-18)23-19(25)12-13-22-20(26)15-6-5-7-17(14-15)29-4/h5-11,14,24H,12-13H2,1-4H3,(H,22,26)(H,23,25). The molecule has 2 amide bonds. The van der Waals surface area contributed by atoms with E-state index in [1.807, 2.05) is 0 Å². The molecule has 9 heteroatoms. The molecule has 0 atom stereocenters. The molecule has 3 N–H and O–H groups in total. The predicted octanol–water partition coefficient (Wildman–Crippen LogP) is 2.53. The maximum atomic E-state index is 12.3. The molecule has 0 saturated carbocycles. The Kier molecular flexibility index (Phi) is 7.58. The van der Waals surface area contributed by atoms with Crippen molar-refractivity contribution < 1.29 is 22.7 Å². The van der Waals surface area contributed by atoms with Gasteiger partial charge in [-0.05, 0) is 63.2 Å². The van der Waals surface area contributed by atoms with Crippen molar-refractivity contribution in [3.63, 3.8) is 0 Å². The second-order valence-electron chi connectivity index (χ2n) is 7.67. The van der Waals surface area contributed by atoms with Gasteiger partial charge in [-0.2, -0.15) is 0 Å². The quantitative estimate of drug-likeness (QED) is 0.592. The first-order chi connectivity index (χ1) is 14.0. The highest BCUT2D eigenvalue weighted by Crippen LogP contribution is 2.16. The summed E-state index contributed by atoms with van der Waals surface area (Å²) in [4.78, 5) is 24.3. The summed E-state index contributed by atoms with van der Waals surface area (Å²) in [6.45, 7) is 5.43. The molecule has 2 aromatic carbocycles. The maximum Gasteiger partial charge on any atom is 0.251 e. The second kappa shape index (κ2) is 9.73. The number of carbonyl (C=O) groups excluding carboxylic acids is 2. The van der Waals surface area contributed by atoms with Crippen LogP contribution < -0.4 is 20.1 Å². The maximum absolute atomic E-state index is 12.3. The number of sulfonamides is 1. The van der Waals surface area contributed by atoms with Crippen LogP contribution in [0.4, 0.5) is 5.69 Å². The minimum absolute atomic E-state index is 0.0708. The highest BCUT2D eigenvalue weighted by molar-refractivity contribution is 7.89. The Bertz CT molecular complexity index is 996. The molecule has 0 aliphatic heterocycles. The van der Waals surface area contributed by atoms with Crippen molar-refractivity contribution in [2.45, 2.75) is 37.6 Å². The van der Waals surface area contributed by atoms with E-state index in [0.717, 1.165) is 0 Å². The Labute approximate surface area is 177 Å². The smallest absolute Gasteiger partial charge is 0.251 e. The molecule has 2 rings (SSSR count). The number of amides is 2. The number of carbonyl (C=O) groups is 2. The summed E-state index contributed by atoms with van der Waals surface area (Å²) in [6, 6.07) is 12.6. The molecule has 0 aromatic heterocycles. The van der Waals surface area contributed by atoms with Crippen LogP contribution in [0.25, 0.3) is 0 Å². The molecule has 2 aromatic rings. The first-order valence-electron chi connectivity index (χ1n) is 9.36. The van der Waals surface area contributed by atoms with Crippen LogP contribution in [0.3, 0.4) is 0 Å². The van der Waals surface area contributed by atoms with E-state index in [9.17, 15) is 18.0 Å². The molecule has 0 spiro atoms. The number of nitrogens with one attached hydrogen (secondary N) is 3. The molecular weight excluding hydrogens is 406 g/mol. The summed E-state index contributed by atoms with van der Waals surface area (Å²) in [5.74, 6) is -0.0319. The van der Waals surface area contributed by atoms with Crippen LogP contribution in [0, 0.1) is 0 Å². The molecule has 0 heterocycles. The van der Waals surface area contributed by atoms with Crippen molar-refractivity contribution in [3.8, 4) is 5.75 Å². The number of rotatable bonds is 8. The van der Waals surface area contributed by atoms with E-state index in [1.54, 1.807) is 45.0 Å². The number of benzene rings is 2. The van der Waals surface area contributed by atoms with Crippen LogP contribution in [0.5, 0.6) is 5.75 Å². The van der Waals surface area contributed by atoms with Crippen LogP contribution in [-0.2, 0) is 14.8 Å². The third-order valence-corrected chi connectivity index (χ3v) is 5.63. The first kappa shape index (κ1) is 23.4. The Morgan fingerprint density at radius 2 is 1.70 bits per heavy atom. The van der Waals surface area contributed by atoms with Crippen molar-refractivity contribution in [1.82, 2.24) is 10.0 Å². The number of methoxy groups -OCH3 is 1. The van der Waals surface area contributed by atoms with Gasteiger partial charge in [0.25, 0.3) is 5.91 Å². The topological polar surface area (TPSA) is 114 Å². The molecule has 0 aliphatic rings. The van der Waals surface area contributed by atoms with Crippen LogP contribution >= 0.6 is 0 Å². The molecule has 0 fully saturated rings. The number of hydrogen-bond acceptors (Lipinski definition) is 5. The Morgan fingerprint density at radius 1 is 1.03 bits per heavy atom. The SMILES string of the molecule is COc1cccc(C(=O)NCCC(=O)Nc2ccc(S(=O)(=O)NC(C)(C)C)cc2)c1. The third kappa shape index (κ3) is 7.16. The Balaban J connectivity index is 1.85. The van der Waals surface area contributed by atoms with Gasteiger partial charge in [0.2, 0.25) is 15.9 Å². The van der Waals surface area contributed by atoms with E-state index >= 15 is 0 Å². The number of ether oxygens (including phenoxy) is 1. The van der Waals surface area contributed by atoms with E-state index in [0.29, 0.717) is 17.0 Å². The van der Waals surface area contributed by atoms with E-state index in [2.05, 4.69) is 15.4 Å². The summed E-state index contributed by atoms with van der Waals surface area (Å²) in [5, 5.41) is 5.35. The minimum Gasteiger partial charge on any atom is -0.497 e. The van der Waals surface area contributed by atoms with Crippen LogP contribution in [0.2, 0.25) is 0 Å². The van der Waals surface area contributed by atoms with Gasteiger partial charge in [0.05, 0.1) is 12.0 Å². The van der Waals surface area contributed by atoms with E-state index < -0.39 is 15.6 Å². The van der Waals surface area contributed by atoms with Crippen molar-refractivity contribution >= 4 is 27.5 Å². The molecule has 0 aliphatic carbocycles. The van der Waals surface area contributed by atoms with Crippen molar-refractivity contribution in [2.75, 3.05) is 19.0 Å². The van der Waals surface area contributed by atoms with Gasteiger partial charge in [0, 0.05) is 29.8 Å². The van der Waals surface area contributed by atoms with Crippen molar-refractivity contribution in [1.29, 1.82) is 0 Å². The molecule has 0 unspecified atom stereocenters. The lowest BCUT2D eigenvalue weighted by Crippen LogP contribution is -2.40. The van der Waals surface area contributed by atoms with Gasteiger partial charge < -0.3 is 15.4 Å². The van der Waals surface area contributed by atoms with E-state index in [4.69, 9.17) is 4.74 Å². The third-order valence-electron chi connectivity index (χ3n) is 3.86. The highest BCUT2D eigenvalue weighted by Gasteiger charge is 2.21. The Hall–Kier alpha value is -2.91. The molecule has 0 radical (unpaired) electrons. The average Bonchev–Trinajstić information content (AvgIpc) is 2.66. The van der Waals surface area contributed by atoms with Crippen LogP contribution in [-0.4, -0.2) is 39.4 Å². The fourth-order valence-electron chi connectivity index (χ4n) is 2.56. The van der Waals surface area contributed by atoms with E-state index in [-0.39, 0.29) is 29.7 Å². The van der Waals surface area contributed by atoms with Gasteiger partial charge in [-0.1, -0.05) is 6.07 Å². The van der Waals surface area contributed by atoms with Gasteiger partial charge in [-0.15, -0.1) is 0 Å². The first-order valence-corrected chi connectivity index (χ1v) is 10.8. The fraction of sp³-hybridized carbons (Fsp3) is 0.333. The van der Waals surface area contributed by atoms with Crippen LogP contribution in [0.15, 0.2) is 53.4 Å². The molecule has 0 bridgehead atoms. The normalized spacial score (nSPS) is 11.6. The van der Waals surface area contributed by atoms with Gasteiger partial charge >= 0.3 is 0 Å². The molecule has 0 saturated heterocycles. The summed E-state index contributed by atoms with van der Waals surface area (Å²) in [6.07, 6.45) is 0.0708. The summed E-state index contributed by atoms with van der Waals surface area (Å²) >= 11 is 0. The minimum atomic E-state index is -3.64. The molecule has 162 valence electrons. The fourth-order valence-corrected chi connectivity index (χ4v) is 3.98.